The Morgan fingerprint density at radius 3 is 2.76 bits per heavy atom. The fraction of sp³-hybridized carbons (Fsp3) is 0.263. The molecule has 1 N–H and O–H groups in total. The number of hydrogen-bond donors (Lipinski definition) is 1. The summed E-state index contributed by atoms with van der Waals surface area (Å²) in [6, 6.07) is 13.7. The first-order valence-electron chi connectivity index (χ1n) is 8.11. The van der Waals surface area contributed by atoms with Gasteiger partial charge >= 0.3 is 0 Å². The molecule has 6 heteroatoms. The lowest BCUT2D eigenvalue weighted by atomic mass is 10.1. The maximum Gasteiger partial charge on any atom is 0.257 e. The summed E-state index contributed by atoms with van der Waals surface area (Å²) in [6.07, 6.45) is 0.0285. The molecule has 1 unspecified atom stereocenters. The van der Waals surface area contributed by atoms with Gasteiger partial charge < -0.3 is 15.0 Å². The maximum absolute atomic E-state index is 12.6. The van der Waals surface area contributed by atoms with Crippen molar-refractivity contribution in [1.82, 2.24) is 4.90 Å². The highest BCUT2D eigenvalue weighted by atomic mass is 35.5. The van der Waals surface area contributed by atoms with E-state index < -0.39 is 0 Å². The molecule has 0 spiro atoms. The summed E-state index contributed by atoms with van der Waals surface area (Å²) >= 11 is 6.05. The van der Waals surface area contributed by atoms with Gasteiger partial charge in [0.1, 0.15) is 0 Å². The maximum atomic E-state index is 12.6. The molecular formula is C19H19ClN2O3. The highest BCUT2D eigenvalue weighted by Crippen LogP contribution is 2.19. The predicted molar refractivity (Wildman–Crippen MR) is 97.2 cm³/mol. The van der Waals surface area contributed by atoms with Crippen LogP contribution in [0, 0.1) is 0 Å². The minimum Gasteiger partial charge on any atom is -0.375 e. The first-order chi connectivity index (χ1) is 12.0. The van der Waals surface area contributed by atoms with Crippen molar-refractivity contribution in [1.29, 1.82) is 0 Å². The Balaban J connectivity index is 1.74. The second-order valence-electron chi connectivity index (χ2n) is 5.95. The number of rotatable bonds is 3. The third kappa shape index (κ3) is 4.18. The van der Waals surface area contributed by atoms with Crippen molar-refractivity contribution in [3.05, 3.63) is 64.7 Å². The van der Waals surface area contributed by atoms with Crippen molar-refractivity contribution in [3.63, 3.8) is 0 Å². The van der Waals surface area contributed by atoms with Crippen molar-refractivity contribution in [2.75, 3.05) is 25.0 Å². The first kappa shape index (κ1) is 17.5. The van der Waals surface area contributed by atoms with Crippen LogP contribution in [0.5, 0.6) is 0 Å². The lowest BCUT2D eigenvalue weighted by molar-refractivity contribution is -0.0124. The topological polar surface area (TPSA) is 58.6 Å². The van der Waals surface area contributed by atoms with Crippen molar-refractivity contribution < 1.29 is 14.3 Å². The van der Waals surface area contributed by atoms with Crippen LogP contribution in [-0.2, 0) is 4.74 Å². The zero-order valence-electron chi connectivity index (χ0n) is 13.9. The van der Waals surface area contributed by atoms with Crippen molar-refractivity contribution in [2.24, 2.45) is 0 Å². The molecule has 130 valence electrons. The number of anilines is 1. The van der Waals surface area contributed by atoms with E-state index in [-0.39, 0.29) is 17.9 Å². The monoisotopic (exact) mass is 358 g/mol. The third-order valence-corrected chi connectivity index (χ3v) is 4.34. The van der Waals surface area contributed by atoms with Crippen molar-refractivity contribution in [2.45, 2.75) is 13.0 Å². The Labute approximate surface area is 151 Å². The van der Waals surface area contributed by atoms with E-state index in [2.05, 4.69) is 5.32 Å². The summed E-state index contributed by atoms with van der Waals surface area (Å²) in [5.41, 5.74) is 1.48. The van der Waals surface area contributed by atoms with Gasteiger partial charge in [0.2, 0.25) is 0 Å². The van der Waals surface area contributed by atoms with Gasteiger partial charge in [-0.3, -0.25) is 9.59 Å². The SMILES string of the molecule is CC1CN(C(=O)c2cccc(NC(=O)c3ccccc3Cl)c2)CCO1. The van der Waals surface area contributed by atoms with Gasteiger partial charge in [-0.1, -0.05) is 29.8 Å². The number of carbonyl (C=O) groups excluding carboxylic acids is 2. The second-order valence-corrected chi connectivity index (χ2v) is 6.35. The highest BCUT2D eigenvalue weighted by Gasteiger charge is 2.22. The van der Waals surface area contributed by atoms with E-state index in [1.165, 1.54) is 0 Å². The van der Waals surface area contributed by atoms with E-state index in [9.17, 15) is 9.59 Å². The number of nitrogens with zero attached hydrogens (tertiary/aromatic N) is 1. The minimum atomic E-state index is -0.310. The predicted octanol–water partition coefficient (Wildman–Crippen LogP) is 3.45. The van der Waals surface area contributed by atoms with Crippen LogP contribution in [0.2, 0.25) is 5.02 Å². The lowest BCUT2D eigenvalue weighted by Crippen LogP contribution is -2.44. The molecule has 5 nitrogen and oxygen atoms in total. The van der Waals surface area contributed by atoms with Crippen LogP contribution in [0.4, 0.5) is 5.69 Å². The van der Waals surface area contributed by atoms with E-state index in [1.54, 1.807) is 53.4 Å². The molecule has 2 aromatic carbocycles. The molecule has 0 saturated carbocycles. The summed E-state index contributed by atoms with van der Waals surface area (Å²) in [4.78, 5) is 26.8. The van der Waals surface area contributed by atoms with E-state index in [0.717, 1.165) is 0 Å². The first-order valence-corrected chi connectivity index (χ1v) is 8.49. The molecule has 0 aliphatic carbocycles. The average Bonchev–Trinajstić information content (AvgIpc) is 2.61. The molecule has 0 bridgehead atoms. The number of carbonyl (C=O) groups is 2. The van der Waals surface area contributed by atoms with Crippen LogP contribution in [0.25, 0.3) is 0 Å². The number of benzene rings is 2. The third-order valence-electron chi connectivity index (χ3n) is 4.01. The number of hydrogen-bond acceptors (Lipinski definition) is 3. The summed E-state index contributed by atoms with van der Waals surface area (Å²) in [6.45, 7) is 3.62. The van der Waals surface area contributed by atoms with Crippen molar-refractivity contribution in [3.8, 4) is 0 Å². The quantitative estimate of drug-likeness (QED) is 0.914. The number of nitrogens with one attached hydrogen (secondary N) is 1. The van der Waals surface area contributed by atoms with Gasteiger partial charge in [-0.25, -0.2) is 0 Å². The molecule has 0 radical (unpaired) electrons. The molecule has 1 aliphatic rings. The summed E-state index contributed by atoms with van der Waals surface area (Å²) in [5.74, 6) is -0.376. The molecule has 2 aromatic rings. The zero-order chi connectivity index (χ0) is 17.8. The highest BCUT2D eigenvalue weighted by molar-refractivity contribution is 6.34. The molecule has 1 fully saturated rings. The summed E-state index contributed by atoms with van der Waals surface area (Å²) in [5, 5.41) is 3.17. The van der Waals surface area contributed by atoms with Crippen LogP contribution in [0.15, 0.2) is 48.5 Å². The van der Waals surface area contributed by atoms with Gasteiger partial charge in [-0.05, 0) is 37.3 Å². The normalized spacial score (nSPS) is 17.2. The molecular weight excluding hydrogens is 340 g/mol. The van der Waals surface area contributed by atoms with E-state index in [4.69, 9.17) is 16.3 Å². The number of morpholine rings is 1. The Hall–Kier alpha value is -2.37. The van der Waals surface area contributed by atoms with Gasteiger partial charge in [0.15, 0.2) is 0 Å². The average molecular weight is 359 g/mol. The fourth-order valence-electron chi connectivity index (χ4n) is 2.76. The number of ether oxygens (including phenoxy) is 1. The molecule has 1 atom stereocenters. The Morgan fingerprint density at radius 2 is 2.00 bits per heavy atom. The van der Waals surface area contributed by atoms with Crippen LogP contribution in [-0.4, -0.2) is 42.5 Å². The Bertz CT molecular complexity index is 794. The van der Waals surface area contributed by atoms with Crippen LogP contribution >= 0.6 is 11.6 Å². The Kier molecular flexibility index (Phi) is 5.36. The molecule has 25 heavy (non-hydrogen) atoms. The van der Waals surface area contributed by atoms with E-state index >= 15 is 0 Å². The van der Waals surface area contributed by atoms with Crippen LogP contribution in [0.1, 0.15) is 27.6 Å². The number of halogens is 1. The van der Waals surface area contributed by atoms with Gasteiger partial charge in [-0.2, -0.15) is 0 Å². The molecule has 2 amide bonds. The van der Waals surface area contributed by atoms with Gasteiger partial charge in [0.05, 0.1) is 23.3 Å². The van der Waals surface area contributed by atoms with Crippen molar-refractivity contribution >= 4 is 29.1 Å². The number of amides is 2. The van der Waals surface area contributed by atoms with Gasteiger partial charge in [0.25, 0.3) is 11.8 Å². The summed E-state index contributed by atoms with van der Waals surface area (Å²) < 4.78 is 5.47. The standard InChI is InChI=1S/C19H19ClN2O3/c1-13-12-22(9-10-25-13)19(24)14-5-4-6-15(11-14)21-18(23)16-7-2-3-8-17(16)20/h2-8,11,13H,9-10,12H2,1H3,(H,21,23). The van der Waals surface area contributed by atoms with Crippen LogP contribution in [0.3, 0.4) is 0 Å². The van der Waals surface area contributed by atoms with E-state index in [1.807, 2.05) is 6.92 Å². The largest absolute Gasteiger partial charge is 0.375 e. The van der Waals surface area contributed by atoms with Gasteiger partial charge in [0, 0.05) is 24.3 Å². The molecule has 1 aliphatic heterocycles. The fourth-order valence-corrected chi connectivity index (χ4v) is 2.98. The summed E-state index contributed by atoms with van der Waals surface area (Å²) in [7, 11) is 0. The molecule has 0 aromatic heterocycles. The van der Waals surface area contributed by atoms with Crippen LogP contribution < -0.4 is 5.32 Å². The zero-order valence-corrected chi connectivity index (χ0v) is 14.6. The minimum absolute atomic E-state index is 0.0285. The lowest BCUT2D eigenvalue weighted by Gasteiger charge is -2.31. The van der Waals surface area contributed by atoms with E-state index in [0.29, 0.717) is 41.5 Å². The molecule has 1 heterocycles. The molecule has 1 saturated heterocycles. The second kappa shape index (κ2) is 7.68. The smallest absolute Gasteiger partial charge is 0.257 e. The Morgan fingerprint density at radius 1 is 1.20 bits per heavy atom. The molecule has 3 rings (SSSR count). The van der Waals surface area contributed by atoms with Gasteiger partial charge in [-0.15, -0.1) is 0 Å².